The predicted molar refractivity (Wildman–Crippen MR) is 58.7 cm³/mol. The molecule has 0 radical (unpaired) electrons. The zero-order valence-corrected chi connectivity index (χ0v) is 9.86. The summed E-state index contributed by atoms with van der Waals surface area (Å²) >= 11 is 0. The topological polar surface area (TPSA) is 40.5 Å². The fraction of sp³-hybridized carbons (Fsp3) is 0.917. The van der Waals surface area contributed by atoms with Crippen LogP contribution in [0.1, 0.15) is 39.5 Å². The summed E-state index contributed by atoms with van der Waals surface area (Å²) < 4.78 is 0. The molecule has 2 aliphatic rings. The standard InChI is InChI=1S/C12H21NO2/c1-8(9-4-5-9)13(3)12(2,11(14)15)10-6-7-10/h8-10H,4-7H2,1-3H3,(H,14,15). The molecule has 2 fully saturated rings. The molecule has 0 aliphatic heterocycles. The summed E-state index contributed by atoms with van der Waals surface area (Å²) in [6.07, 6.45) is 4.69. The van der Waals surface area contributed by atoms with Crippen LogP contribution in [0.25, 0.3) is 0 Å². The Morgan fingerprint density at radius 3 is 2.27 bits per heavy atom. The normalized spacial score (nSPS) is 27.5. The highest BCUT2D eigenvalue weighted by atomic mass is 16.4. The van der Waals surface area contributed by atoms with Crippen molar-refractivity contribution in [1.29, 1.82) is 0 Å². The van der Waals surface area contributed by atoms with Gasteiger partial charge in [0, 0.05) is 6.04 Å². The highest BCUT2D eigenvalue weighted by molar-refractivity contribution is 5.79. The van der Waals surface area contributed by atoms with E-state index >= 15 is 0 Å². The summed E-state index contributed by atoms with van der Waals surface area (Å²) in [6, 6.07) is 0.409. The van der Waals surface area contributed by atoms with Crippen LogP contribution in [-0.2, 0) is 4.79 Å². The van der Waals surface area contributed by atoms with Crippen molar-refractivity contribution in [2.24, 2.45) is 11.8 Å². The van der Waals surface area contributed by atoms with Crippen molar-refractivity contribution in [1.82, 2.24) is 4.90 Å². The second-order valence-corrected chi connectivity index (χ2v) is 5.42. The number of hydrogen-bond acceptors (Lipinski definition) is 2. The number of aliphatic carboxylic acids is 1. The third-order valence-corrected chi connectivity index (χ3v) is 4.45. The van der Waals surface area contributed by atoms with E-state index in [0.717, 1.165) is 18.8 Å². The minimum Gasteiger partial charge on any atom is -0.480 e. The Hall–Kier alpha value is -0.570. The van der Waals surface area contributed by atoms with Gasteiger partial charge in [-0.2, -0.15) is 0 Å². The van der Waals surface area contributed by atoms with Crippen LogP contribution in [0.2, 0.25) is 0 Å². The molecule has 3 nitrogen and oxygen atoms in total. The van der Waals surface area contributed by atoms with Crippen LogP contribution in [0, 0.1) is 11.8 Å². The van der Waals surface area contributed by atoms with Crippen LogP contribution in [0.3, 0.4) is 0 Å². The molecule has 86 valence electrons. The Labute approximate surface area is 91.5 Å². The van der Waals surface area contributed by atoms with Gasteiger partial charge in [-0.15, -0.1) is 0 Å². The Kier molecular flexibility index (Phi) is 2.53. The lowest BCUT2D eigenvalue weighted by atomic mass is 9.91. The maximum absolute atomic E-state index is 11.4. The monoisotopic (exact) mass is 211 g/mol. The molecule has 0 bridgehead atoms. The van der Waals surface area contributed by atoms with Crippen molar-refractivity contribution in [3.63, 3.8) is 0 Å². The quantitative estimate of drug-likeness (QED) is 0.756. The fourth-order valence-corrected chi connectivity index (χ4v) is 2.58. The molecule has 0 heterocycles. The SMILES string of the molecule is CC(C1CC1)N(C)C(C)(C(=O)O)C1CC1. The van der Waals surface area contributed by atoms with Gasteiger partial charge in [-0.1, -0.05) is 0 Å². The van der Waals surface area contributed by atoms with E-state index in [1.807, 2.05) is 14.0 Å². The van der Waals surface area contributed by atoms with Gasteiger partial charge in [-0.05, 0) is 58.4 Å². The van der Waals surface area contributed by atoms with E-state index < -0.39 is 11.5 Å². The van der Waals surface area contributed by atoms with E-state index in [9.17, 15) is 9.90 Å². The maximum atomic E-state index is 11.4. The minimum absolute atomic E-state index is 0.362. The van der Waals surface area contributed by atoms with Crippen molar-refractivity contribution < 1.29 is 9.90 Å². The average molecular weight is 211 g/mol. The molecule has 2 saturated carbocycles. The Balaban J connectivity index is 2.12. The molecule has 0 aromatic rings. The lowest BCUT2D eigenvalue weighted by Gasteiger charge is -2.39. The summed E-state index contributed by atoms with van der Waals surface area (Å²) in [7, 11) is 1.98. The molecule has 3 heteroatoms. The third-order valence-electron chi connectivity index (χ3n) is 4.45. The number of nitrogens with zero attached hydrogens (tertiary/aromatic N) is 1. The number of likely N-dealkylation sites (N-methyl/N-ethyl adjacent to an activating group) is 1. The van der Waals surface area contributed by atoms with E-state index in [1.54, 1.807) is 0 Å². The summed E-state index contributed by atoms with van der Waals surface area (Å²) in [5, 5.41) is 9.42. The van der Waals surface area contributed by atoms with Gasteiger partial charge in [-0.25, -0.2) is 0 Å². The van der Waals surface area contributed by atoms with Gasteiger partial charge in [0.1, 0.15) is 5.54 Å². The van der Waals surface area contributed by atoms with Gasteiger partial charge < -0.3 is 5.11 Å². The molecule has 0 aromatic heterocycles. The Bertz CT molecular complexity index is 271. The first-order valence-electron chi connectivity index (χ1n) is 5.94. The zero-order chi connectivity index (χ0) is 11.2. The first-order chi connectivity index (χ1) is 6.98. The Morgan fingerprint density at radius 1 is 1.40 bits per heavy atom. The summed E-state index contributed by atoms with van der Waals surface area (Å²) in [4.78, 5) is 13.6. The number of carboxylic acid groups (broad SMARTS) is 1. The summed E-state index contributed by atoms with van der Waals surface area (Å²) in [5.74, 6) is 0.439. The van der Waals surface area contributed by atoms with Gasteiger partial charge in [0.05, 0.1) is 0 Å². The lowest BCUT2D eigenvalue weighted by Crippen LogP contribution is -2.56. The average Bonchev–Trinajstić information content (AvgIpc) is 3.06. The van der Waals surface area contributed by atoms with E-state index in [0.29, 0.717) is 12.0 Å². The second-order valence-electron chi connectivity index (χ2n) is 5.42. The molecule has 2 aliphatic carbocycles. The first kappa shape index (κ1) is 10.9. The largest absolute Gasteiger partial charge is 0.480 e. The molecule has 0 saturated heterocycles. The van der Waals surface area contributed by atoms with Crippen LogP contribution in [0.15, 0.2) is 0 Å². The molecule has 15 heavy (non-hydrogen) atoms. The van der Waals surface area contributed by atoms with Crippen LogP contribution in [0.5, 0.6) is 0 Å². The first-order valence-corrected chi connectivity index (χ1v) is 5.94. The molecular formula is C12H21NO2. The van der Waals surface area contributed by atoms with Crippen LogP contribution in [-0.4, -0.2) is 34.6 Å². The minimum atomic E-state index is -0.653. The molecule has 2 rings (SSSR count). The van der Waals surface area contributed by atoms with Crippen LogP contribution < -0.4 is 0 Å². The lowest BCUT2D eigenvalue weighted by molar-refractivity contribution is -0.153. The molecule has 0 spiro atoms. The van der Waals surface area contributed by atoms with Crippen molar-refractivity contribution in [2.75, 3.05) is 7.05 Å². The van der Waals surface area contributed by atoms with E-state index in [-0.39, 0.29) is 0 Å². The van der Waals surface area contributed by atoms with Crippen molar-refractivity contribution >= 4 is 5.97 Å². The van der Waals surface area contributed by atoms with Gasteiger partial charge in [0.2, 0.25) is 0 Å². The predicted octanol–water partition coefficient (Wildman–Crippen LogP) is 1.97. The van der Waals surface area contributed by atoms with Crippen molar-refractivity contribution in [3.05, 3.63) is 0 Å². The van der Waals surface area contributed by atoms with Gasteiger partial charge in [-0.3, -0.25) is 9.69 Å². The fourth-order valence-electron chi connectivity index (χ4n) is 2.58. The number of hydrogen-bond donors (Lipinski definition) is 1. The van der Waals surface area contributed by atoms with Crippen molar-refractivity contribution in [3.8, 4) is 0 Å². The van der Waals surface area contributed by atoms with Crippen molar-refractivity contribution in [2.45, 2.75) is 51.1 Å². The molecular weight excluding hydrogens is 190 g/mol. The summed E-state index contributed by atoms with van der Waals surface area (Å²) in [6.45, 7) is 4.06. The van der Waals surface area contributed by atoms with Crippen LogP contribution in [0.4, 0.5) is 0 Å². The molecule has 2 atom stereocenters. The molecule has 2 unspecified atom stereocenters. The highest BCUT2D eigenvalue weighted by Gasteiger charge is 2.52. The zero-order valence-electron chi connectivity index (χ0n) is 9.86. The van der Waals surface area contributed by atoms with Gasteiger partial charge in [0.15, 0.2) is 0 Å². The van der Waals surface area contributed by atoms with Gasteiger partial charge >= 0.3 is 5.97 Å². The number of rotatable bonds is 5. The highest BCUT2D eigenvalue weighted by Crippen LogP contribution is 2.46. The number of carboxylic acids is 1. The third kappa shape index (κ3) is 1.78. The maximum Gasteiger partial charge on any atom is 0.324 e. The van der Waals surface area contributed by atoms with Gasteiger partial charge in [0.25, 0.3) is 0 Å². The second kappa shape index (κ2) is 3.48. The molecule has 1 N–H and O–H groups in total. The summed E-state index contributed by atoms with van der Waals surface area (Å²) in [5.41, 5.74) is -0.637. The van der Waals surface area contributed by atoms with E-state index in [4.69, 9.17) is 0 Å². The molecule has 0 aromatic carbocycles. The number of carbonyl (C=O) groups is 1. The molecule has 0 amide bonds. The van der Waals surface area contributed by atoms with Crippen LogP contribution >= 0.6 is 0 Å². The van der Waals surface area contributed by atoms with E-state index in [2.05, 4.69) is 11.8 Å². The van der Waals surface area contributed by atoms with E-state index in [1.165, 1.54) is 12.8 Å². The Morgan fingerprint density at radius 2 is 1.93 bits per heavy atom. The smallest absolute Gasteiger partial charge is 0.324 e.